The highest BCUT2D eigenvalue weighted by Gasteiger charge is 2.33. The molecule has 1 aliphatic carbocycles. The number of benzene rings is 2. The Balaban J connectivity index is 1.26. The normalized spacial score (nSPS) is 18.6. The number of fused-ring (bicyclic) bond motifs is 1. The highest BCUT2D eigenvalue weighted by Crippen LogP contribution is 2.45. The summed E-state index contributed by atoms with van der Waals surface area (Å²) in [7, 11) is 5.21. The van der Waals surface area contributed by atoms with Crippen molar-refractivity contribution in [3.63, 3.8) is 0 Å². The first-order valence-corrected chi connectivity index (χ1v) is 17.1. The molecule has 2 aromatic carbocycles. The van der Waals surface area contributed by atoms with Crippen molar-refractivity contribution in [2.24, 2.45) is 0 Å². The Morgan fingerprint density at radius 2 is 1.80 bits per heavy atom. The number of hydrogen-bond donors (Lipinski definition) is 4. The van der Waals surface area contributed by atoms with Gasteiger partial charge in [-0.2, -0.15) is 4.98 Å². The number of nitrogens with one attached hydrogen (secondary N) is 2. The van der Waals surface area contributed by atoms with Crippen molar-refractivity contribution in [2.75, 3.05) is 41.0 Å². The fourth-order valence-electron chi connectivity index (χ4n) is 6.42. The van der Waals surface area contributed by atoms with E-state index in [0.29, 0.717) is 26.8 Å². The van der Waals surface area contributed by atoms with Gasteiger partial charge in [0.15, 0.2) is 0 Å². The average Bonchev–Trinajstić information content (AvgIpc) is 3.73. The van der Waals surface area contributed by atoms with Crippen molar-refractivity contribution in [3.05, 3.63) is 86.3 Å². The number of ether oxygens (including phenoxy) is 3. The molecule has 0 saturated carbocycles. The summed E-state index contributed by atoms with van der Waals surface area (Å²) in [4.78, 5) is 23.3. The number of carboxylic acids is 1. The second kappa shape index (κ2) is 14.6. The molecule has 2 aliphatic rings. The van der Waals surface area contributed by atoms with E-state index in [4.69, 9.17) is 30.8 Å². The van der Waals surface area contributed by atoms with E-state index in [0.717, 1.165) is 65.0 Å². The van der Waals surface area contributed by atoms with E-state index in [1.54, 1.807) is 13.2 Å². The zero-order valence-electron chi connectivity index (χ0n) is 27.7. The maximum atomic E-state index is 11.6. The monoisotopic (exact) mass is 751 g/mol. The number of aromatic nitrogens is 2. The zero-order chi connectivity index (χ0) is 34.9. The minimum atomic E-state index is -1.52. The summed E-state index contributed by atoms with van der Waals surface area (Å²) >= 11 is 10.7. The number of carbonyl (C=O) groups is 1. The molecule has 11 nitrogen and oxygen atoms in total. The molecule has 13 heteroatoms. The van der Waals surface area contributed by atoms with Crippen LogP contribution in [0.25, 0.3) is 22.4 Å². The Labute approximate surface area is 298 Å². The van der Waals surface area contributed by atoms with Gasteiger partial charge in [0.25, 0.3) is 0 Å². The molecule has 0 radical (unpaired) electrons. The van der Waals surface area contributed by atoms with Crippen molar-refractivity contribution in [1.29, 1.82) is 0 Å². The maximum absolute atomic E-state index is 11.6. The summed E-state index contributed by atoms with van der Waals surface area (Å²) in [6.45, 7) is 2.80. The number of likely N-dealkylation sites (N-methyl/N-ethyl adjacent to an activating group) is 1. The molecule has 1 fully saturated rings. The Bertz CT molecular complexity index is 1880. The number of aliphatic hydroxyl groups is 1. The number of nitrogens with zero attached hydrogens (tertiary/aromatic N) is 3. The fraction of sp³-hybridized carbons (Fsp3) is 0.361. The molecule has 4 aromatic rings. The van der Waals surface area contributed by atoms with Gasteiger partial charge in [-0.15, -0.1) is 0 Å². The van der Waals surface area contributed by atoms with E-state index < -0.39 is 18.1 Å². The van der Waals surface area contributed by atoms with Crippen LogP contribution in [0.4, 0.5) is 0 Å². The number of pyridine rings is 2. The van der Waals surface area contributed by atoms with Crippen LogP contribution >= 0.6 is 27.5 Å². The van der Waals surface area contributed by atoms with Crippen molar-refractivity contribution in [1.82, 2.24) is 25.5 Å². The fourth-order valence-corrected chi connectivity index (χ4v) is 7.20. The Kier molecular flexibility index (Phi) is 10.4. The zero-order valence-corrected chi connectivity index (χ0v) is 30.1. The third-order valence-corrected chi connectivity index (χ3v) is 10.3. The molecule has 258 valence electrons. The summed E-state index contributed by atoms with van der Waals surface area (Å²) in [6, 6.07) is 18.0. The van der Waals surface area contributed by atoms with Gasteiger partial charge in [-0.25, -0.2) is 4.98 Å². The van der Waals surface area contributed by atoms with Gasteiger partial charge >= 0.3 is 5.97 Å². The van der Waals surface area contributed by atoms with Gasteiger partial charge in [-0.05, 0) is 77.6 Å². The van der Waals surface area contributed by atoms with Crippen LogP contribution in [0.1, 0.15) is 47.9 Å². The van der Waals surface area contributed by atoms with E-state index in [1.165, 1.54) is 14.0 Å². The smallest absolute Gasteiger partial charge is 0.326 e. The molecule has 49 heavy (non-hydrogen) atoms. The third-order valence-electron chi connectivity index (χ3n) is 9.29. The summed E-state index contributed by atoms with van der Waals surface area (Å²) in [5.74, 6) is 0.0472. The van der Waals surface area contributed by atoms with Gasteiger partial charge in [0.05, 0.1) is 42.2 Å². The SMILES string of the molecule is COc1nc(O[C@H]2CCc3c(-c4cccc(-c5ccc(C6NCCN6C)c(OC)n5)c4Cl)cccc32)c(Br)cc1CN[C@](C)(CO)C(=O)O. The van der Waals surface area contributed by atoms with E-state index in [9.17, 15) is 15.0 Å². The number of rotatable bonds is 12. The van der Waals surface area contributed by atoms with E-state index in [2.05, 4.69) is 61.7 Å². The number of hydrogen-bond acceptors (Lipinski definition) is 10. The number of aliphatic hydroxyl groups excluding tert-OH is 1. The molecule has 2 aromatic heterocycles. The minimum absolute atomic E-state index is 0.0410. The lowest BCUT2D eigenvalue weighted by molar-refractivity contribution is -0.145. The van der Waals surface area contributed by atoms with Crippen LogP contribution in [0.5, 0.6) is 17.6 Å². The molecule has 1 saturated heterocycles. The number of halogens is 2. The molecule has 4 N–H and O–H groups in total. The van der Waals surface area contributed by atoms with Gasteiger partial charge in [0, 0.05) is 41.9 Å². The predicted octanol–water partition coefficient (Wildman–Crippen LogP) is 5.77. The lowest BCUT2D eigenvalue weighted by atomic mass is 9.94. The van der Waals surface area contributed by atoms with Gasteiger partial charge in [-0.1, -0.05) is 48.0 Å². The van der Waals surface area contributed by atoms with Crippen molar-refractivity contribution < 1.29 is 29.2 Å². The summed E-state index contributed by atoms with van der Waals surface area (Å²) in [5, 5.41) is 26.1. The topological polar surface area (TPSA) is 138 Å². The predicted molar refractivity (Wildman–Crippen MR) is 190 cm³/mol. The van der Waals surface area contributed by atoms with Gasteiger partial charge in [0.1, 0.15) is 11.6 Å². The highest BCUT2D eigenvalue weighted by molar-refractivity contribution is 9.10. The van der Waals surface area contributed by atoms with Crippen LogP contribution < -0.4 is 24.8 Å². The van der Waals surface area contributed by atoms with Crippen LogP contribution in [0.3, 0.4) is 0 Å². The summed E-state index contributed by atoms with van der Waals surface area (Å²) in [5.41, 5.74) is 5.78. The van der Waals surface area contributed by atoms with Gasteiger partial charge in [-0.3, -0.25) is 20.3 Å². The summed E-state index contributed by atoms with van der Waals surface area (Å²) < 4.78 is 18.3. The molecule has 6 rings (SSSR count). The first kappa shape index (κ1) is 35.1. The lowest BCUT2D eigenvalue weighted by Gasteiger charge is -2.24. The van der Waals surface area contributed by atoms with Crippen LogP contribution in [-0.2, 0) is 17.8 Å². The Morgan fingerprint density at radius 3 is 2.49 bits per heavy atom. The largest absolute Gasteiger partial charge is 0.481 e. The molecular weight excluding hydrogens is 714 g/mol. The summed E-state index contributed by atoms with van der Waals surface area (Å²) in [6.07, 6.45) is 1.30. The van der Waals surface area contributed by atoms with Gasteiger partial charge in [0.2, 0.25) is 17.6 Å². The van der Waals surface area contributed by atoms with Gasteiger partial charge < -0.3 is 24.4 Å². The standard InChI is InChI=1S/C36H39BrClN5O6/c1-36(19-44,35(45)46)40-18-20-17-27(37)34(42-32(20)47-3)49-29-14-12-22-21(7-5-8-23(22)29)24-9-6-10-25(30(24)38)28-13-11-26(33(41-28)48-4)31-39-15-16-43(31)2/h5-11,13,17,29,31,39-40,44H,12,14-16,18-19H2,1-4H3,(H,45,46)/t29-,31?,36+/m0/s1. The first-order chi connectivity index (χ1) is 23.6. The van der Waals surface area contributed by atoms with Crippen molar-refractivity contribution in [2.45, 2.75) is 44.1 Å². The molecule has 0 spiro atoms. The Hall–Kier alpha value is -3.78. The average molecular weight is 753 g/mol. The molecule has 0 amide bonds. The molecule has 3 atom stereocenters. The molecule has 3 heterocycles. The van der Waals surface area contributed by atoms with E-state index in [1.807, 2.05) is 30.3 Å². The second-order valence-electron chi connectivity index (χ2n) is 12.4. The Morgan fingerprint density at radius 1 is 1.06 bits per heavy atom. The van der Waals surface area contributed by atoms with Crippen LogP contribution in [-0.4, -0.2) is 77.6 Å². The van der Waals surface area contributed by atoms with Crippen molar-refractivity contribution in [3.8, 4) is 40.0 Å². The van der Waals surface area contributed by atoms with Crippen LogP contribution in [0, 0.1) is 0 Å². The maximum Gasteiger partial charge on any atom is 0.326 e. The molecule has 0 bridgehead atoms. The third kappa shape index (κ3) is 6.86. The quantitative estimate of drug-likeness (QED) is 0.140. The van der Waals surface area contributed by atoms with Crippen molar-refractivity contribution >= 4 is 33.5 Å². The van der Waals surface area contributed by atoms with Crippen LogP contribution in [0.2, 0.25) is 5.02 Å². The second-order valence-corrected chi connectivity index (χ2v) is 13.6. The first-order valence-electron chi connectivity index (χ1n) is 16.0. The lowest BCUT2D eigenvalue weighted by Crippen LogP contribution is -2.52. The van der Waals surface area contributed by atoms with E-state index in [-0.39, 0.29) is 24.7 Å². The molecule has 1 unspecified atom stereocenters. The number of methoxy groups -OCH3 is 2. The van der Waals surface area contributed by atoms with Crippen LogP contribution in [0.15, 0.2) is 59.1 Å². The minimum Gasteiger partial charge on any atom is -0.481 e. The molecular formula is C36H39BrClN5O6. The molecule has 1 aliphatic heterocycles. The van der Waals surface area contributed by atoms with E-state index >= 15 is 0 Å². The number of aliphatic carboxylic acids is 1. The number of carboxylic acid groups (broad SMARTS) is 1. The highest BCUT2D eigenvalue weighted by atomic mass is 79.9.